The number of para-hydroxylation sites is 2. The third-order valence-electron chi connectivity index (χ3n) is 5.93. The molecule has 36 heavy (non-hydrogen) atoms. The fourth-order valence-corrected chi connectivity index (χ4v) is 4.61. The molecule has 1 N–H and O–H groups in total. The Morgan fingerprint density at radius 3 is 2.22 bits per heavy atom. The Morgan fingerprint density at radius 1 is 0.889 bits per heavy atom. The third-order valence-corrected chi connectivity index (χ3v) is 6.52. The quantitative estimate of drug-likeness (QED) is 0.175. The van der Waals surface area contributed by atoms with E-state index in [2.05, 4.69) is 39.4 Å². The van der Waals surface area contributed by atoms with Crippen molar-refractivity contribution in [3.63, 3.8) is 0 Å². The van der Waals surface area contributed by atoms with E-state index in [0.29, 0.717) is 35.4 Å². The van der Waals surface area contributed by atoms with Crippen molar-refractivity contribution in [2.24, 2.45) is 5.10 Å². The van der Waals surface area contributed by atoms with Crippen LogP contribution in [-0.4, -0.2) is 16.7 Å². The van der Waals surface area contributed by atoms with E-state index >= 15 is 0 Å². The number of aryl methyl sites for hydroxylation is 1. The molecule has 5 nitrogen and oxygen atoms in total. The lowest BCUT2D eigenvalue weighted by atomic mass is 10.2. The van der Waals surface area contributed by atoms with Crippen molar-refractivity contribution in [3.8, 4) is 5.75 Å². The lowest BCUT2D eigenvalue weighted by molar-refractivity contribution is -0.121. The molecule has 5 rings (SSSR count). The average Bonchev–Trinajstić information content (AvgIpc) is 3.21. The summed E-state index contributed by atoms with van der Waals surface area (Å²) >= 11 is 12.1. The lowest BCUT2D eigenvalue weighted by Gasteiger charge is -2.08. The van der Waals surface area contributed by atoms with E-state index in [-0.39, 0.29) is 5.91 Å². The largest absolute Gasteiger partial charge is 0.489 e. The first kappa shape index (κ1) is 23.9. The van der Waals surface area contributed by atoms with Crippen molar-refractivity contribution in [1.82, 2.24) is 9.99 Å². The van der Waals surface area contributed by atoms with Crippen molar-refractivity contribution in [3.05, 3.63) is 112 Å². The van der Waals surface area contributed by atoms with Crippen LogP contribution in [0.3, 0.4) is 0 Å². The van der Waals surface area contributed by atoms with Crippen LogP contribution in [0, 0.1) is 0 Å². The highest BCUT2D eigenvalue weighted by atomic mass is 35.5. The summed E-state index contributed by atoms with van der Waals surface area (Å²) in [6.45, 7) is 0.907. The molecule has 4 aromatic carbocycles. The Bertz CT molecular complexity index is 1510. The van der Waals surface area contributed by atoms with Gasteiger partial charge < -0.3 is 9.30 Å². The van der Waals surface area contributed by atoms with E-state index in [1.54, 1.807) is 18.3 Å². The highest BCUT2D eigenvalue weighted by molar-refractivity contribution is 6.35. The number of carbonyl (C=O) groups is 1. The van der Waals surface area contributed by atoms with Gasteiger partial charge in [-0.2, -0.15) is 5.10 Å². The molecule has 0 unspecified atom stereocenters. The molecule has 0 aliphatic rings. The van der Waals surface area contributed by atoms with Crippen LogP contribution < -0.4 is 10.2 Å². The van der Waals surface area contributed by atoms with Crippen LogP contribution in [0.2, 0.25) is 10.0 Å². The van der Waals surface area contributed by atoms with Crippen LogP contribution in [0.15, 0.2) is 96.1 Å². The second-order valence-corrected chi connectivity index (χ2v) is 9.17. The van der Waals surface area contributed by atoms with E-state index in [1.165, 1.54) is 10.8 Å². The number of benzene rings is 4. The molecule has 0 atom stereocenters. The first-order valence-corrected chi connectivity index (χ1v) is 12.3. The number of aromatic nitrogens is 1. The van der Waals surface area contributed by atoms with E-state index in [4.69, 9.17) is 27.9 Å². The van der Waals surface area contributed by atoms with Gasteiger partial charge in [0.25, 0.3) is 0 Å². The van der Waals surface area contributed by atoms with Gasteiger partial charge in [0, 0.05) is 50.4 Å². The van der Waals surface area contributed by atoms with Crippen LogP contribution >= 0.6 is 23.2 Å². The zero-order valence-corrected chi connectivity index (χ0v) is 20.8. The minimum absolute atomic E-state index is 0.145. The molecule has 0 radical (unpaired) electrons. The maximum atomic E-state index is 12.4. The number of ether oxygens (including phenoxy) is 1. The summed E-state index contributed by atoms with van der Waals surface area (Å²) in [5.41, 5.74) is 6.56. The normalized spacial score (nSPS) is 11.4. The number of rotatable bonds is 8. The van der Waals surface area contributed by atoms with E-state index in [9.17, 15) is 4.79 Å². The van der Waals surface area contributed by atoms with Gasteiger partial charge in [0.05, 0.1) is 6.21 Å². The van der Waals surface area contributed by atoms with Gasteiger partial charge in [-0.05, 0) is 54.1 Å². The van der Waals surface area contributed by atoms with Crippen molar-refractivity contribution < 1.29 is 9.53 Å². The number of nitrogens with zero attached hydrogens (tertiary/aromatic N) is 2. The van der Waals surface area contributed by atoms with Gasteiger partial charge in [-0.1, -0.05) is 65.7 Å². The fraction of sp³-hybridized carbons (Fsp3) is 0.103. The molecule has 0 saturated carbocycles. The molecular weight excluding hydrogens is 493 g/mol. The molecule has 0 aliphatic heterocycles. The molecule has 1 aromatic heterocycles. The van der Waals surface area contributed by atoms with Gasteiger partial charge in [-0.25, -0.2) is 5.43 Å². The van der Waals surface area contributed by atoms with Crippen LogP contribution in [-0.2, 0) is 17.9 Å². The maximum Gasteiger partial charge on any atom is 0.241 e. The first-order chi connectivity index (χ1) is 17.6. The summed E-state index contributed by atoms with van der Waals surface area (Å²) in [6, 6.07) is 29.2. The molecule has 0 saturated heterocycles. The second kappa shape index (κ2) is 10.9. The molecule has 0 spiro atoms. The predicted molar refractivity (Wildman–Crippen MR) is 147 cm³/mol. The van der Waals surface area contributed by atoms with Gasteiger partial charge in [-0.15, -0.1) is 0 Å². The number of hydrogen-bond acceptors (Lipinski definition) is 3. The average molecular weight is 516 g/mol. The fourth-order valence-electron chi connectivity index (χ4n) is 4.14. The van der Waals surface area contributed by atoms with Crippen LogP contribution in [0.1, 0.15) is 17.5 Å². The summed E-state index contributed by atoms with van der Waals surface area (Å²) in [5.74, 6) is 0.557. The molecule has 0 fully saturated rings. The topological polar surface area (TPSA) is 55.6 Å². The van der Waals surface area contributed by atoms with Gasteiger partial charge in [0.2, 0.25) is 5.91 Å². The standard InChI is InChI=1S/C29H23Cl2N3O2/c30-22-12-11-21(26(31)17-22)19-36-23-13-9-20(10-14-23)18-32-33-29(35)15-16-34-27-7-3-1-5-24(27)25-6-2-4-8-28(25)34/h1-14,17-18H,15-16,19H2,(H,33,35). The lowest BCUT2D eigenvalue weighted by Crippen LogP contribution is -2.19. The van der Waals surface area contributed by atoms with E-state index in [1.807, 2.05) is 54.6 Å². The molecule has 7 heteroatoms. The van der Waals surface area contributed by atoms with Crippen LogP contribution in [0.5, 0.6) is 5.75 Å². The molecule has 180 valence electrons. The first-order valence-electron chi connectivity index (χ1n) is 11.5. The van der Waals surface area contributed by atoms with Crippen molar-refractivity contribution in [1.29, 1.82) is 0 Å². The second-order valence-electron chi connectivity index (χ2n) is 8.32. The number of hydrazone groups is 1. The zero-order chi connectivity index (χ0) is 24.9. The molecule has 1 heterocycles. The van der Waals surface area contributed by atoms with Crippen LogP contribution in [0.25, 0.3) is 21.8 Å². The summed E-state index contributed by atoms with van der Waals surface area (Å²) in [4.78, 5) is 12.4. The Balaban J connectivity index is 1.15. The van der Waals surface area contributed by atoms with Gasteiger partial charge >= 0.3 is 0 Å². The van der Waals surface area contributed by atoms with E-state index < -0.39 is 0 Å². The molecule has 1 amide bonds. The molecule has 5 aromatic rings. The summed E-state index contributed by atoms with van der Waals surface area (Å²) in [5, 5.41) is 7.64. The Morgan fingerprint density at radius 2 is 1.56 bits per heavy atom. The minimum atomic E-state index is -0.145. The Labute approximate surface area is 218 Å². The number of hydrogen-bond donors (Lipinski definition) is 1. The summed E-state index contributed by atoms with van der Waals surface area (Å²) < 4.78 is 7.98. The highest BCUT2D eigenvalue weighted by Crippen LogP contribution is 2.29. The number of fused-ring (bicyclic) bond motifs is 3. The van der Waals surface area contributed by atoms with Crippen molar-refractivity contribution in [2.75, 3.05) is 0 Å². The highest BCUT2D eigenvalue weighted by Gasteiger charge is 2.10. The van der Waals surface area contributed by atoms with Gasteiger partial charge in [0.15, 0.2) is 0 Å². The monoisotopic (exact) mass is 515 g/mol. The number of amides is 1. The van der Waals surface area contributed by atoms with E-state index in [0.717, 1.165) is 22.2 Å². The number of nitrogens with one attached hydrogen (secondary N) is 1. The molecule has 0 bridgehead atoms. The summed E-state index contributed by atoms with van der Waals surface area (Å²) in [7, 11) is 0. The number of halogens is 2. The molecular formula is C29H23Cl2N3O2. The smallest absolute Gasteiger partial charge is 0.241 e. The van der Waals surface area contributed by atoms with Gasteiger partial charge in [-0.3, -0.25) is 4.79 Å². The summed E-state index contributed by atoms with van der Waals surface area (Å²) in [6.07, 6.45) is 1.93. The molecule has 0 aliphatic carbocycles. The third kappa shape index (κ3) is 5.38. The Kier molecular flexibility index (Phi) is 7.21. The zero-order valence-electron chi connectivity index (χ0n) is 19.3. The predicted octanol–water partition coefficient (Wildman–Crippen LogP) is 7.22. The Hall–Kier alpha value is -3.80. The van der Waals surface area contributed by atoms with Crippen molar-refractivity contribution >= 4 is 57.1 Å². The minimum Gasteiger partial charge on any atom is -0.489 e. The SMILES string of the molecule is O=C(CCn1c2ccccc2c2ccccc21)NN=Cc1ccc(OCc2ccc(Cl)cc2Cl)cc1. The van der Waals surface area contributed by atoms with Crippen LogP contribution in [0.4, 0.5) is 0 Å². The maximum absolute atomic E-state index is 12.4. The van der Waals surface area contributed by atoms with Gasteiger partial charge in [0.1, 0.15) is 12.4 Å². The van der Waals surface area contributed by atoms with Crippen molar-refractivity contribution in [2.45, 2.75) is 19.6 Å². The number of carbonyl (C=O) groups excluding carboxylic acids is 1.